The molecule has 1 unspecified atom stereocenters. The van der Waals surface area contributed by atoms with Crippen molar-refractivity contribution in [2.75, 3.05) is 7.11 Å². The largest absolute Gasteiger partial charge is 0.496 e. The van der Waals surface area contributed by atoms with Gasteiger partial charge in [-0.05, 0) is 19.4 Å². The second kappa shape index (κ2) is 7.16. The number of para-hydroxylation sites is 1. The molecule has 1 N–H and O–H groups in total. The number of methoxy groups -OCH3 is 1. The number of H-pyrrole nitrogens is 1. The molecule has 5 rings (SSSR count). The molecule has 0 bridgehead atoms. The molecule has 4 aromatic rings. The molecule has 0 fully saturated rings. The highest BCUT2D eigenvalue weighted by Gasteiger charge is 2.27. The van der Waals surface area contributed by atoms with Crippen molar-refractivity contribution in [3.8, 4) is 17.1 Å². The van der Waals surface area contributed by atoms with E-state index in [4.69, 9.17) is 14.8 Å². The molecule has 148 valence electrons. The Morgan fingerprint density at radius 2 is 2.17 bits per heavy atom. The minimum absolute atomic E-state index is 0.215. The summed E-state index contributed by atoms with van der Waals surface area (Å²) in [5.74, 6) is 3.73. The van der Waals surface area contributed by atoms with Crippen LogP contribution in [0, 0.1) is 6.92 Å². The Morgan fingerprint density at radius 3 is 3.00 bits per heavy atom. The molecular formula is C20H22N8O. The molecule has 9 heteroatoms. The Kier molecular flexibility index (Phi) is 4.34. The van der Waals surface area contributed by atoms with Crippen molar-refractivity contribution in [1.29, 1.82) is 0 Å². The maximum atomic E-state index is 5.54. The summed E-state index contributed by atoms with van der Waals surface area (Å²) in [5, 5.41) is 16.3. The summed E-state index contributed by atoms with van der Waals surface area (Å²) in [4.78, 5) is 9.27. The molecule has 1 aliphatic rings. The molecule has 0 amide bonds. The molecule has 0 spiro atoms. The summed E-state index contributed by atoms with van der Waals surface area (Å²) in [5.41, 5.74) is 2.93. The van der Waals surface area contributed by atoms with Gasteiger partial charge in [0.2, 0.25) is 0 Å². The van der Waals surface area contributed by atoms with Crippen LogP contribution in [0.3, 0.4) is 0 Å². The van der Waals surface area contributed by atoms with Crippen LogP contribution < -0.4 is 4.74 Å². The van der Waals surface area contributed by atoms with Gasteiger partial charge in [0.25, 0.3) is 0 Å². The van der Waals surface area contributed by atoms with Gasteiger partial charge < -0.3 is 4.74 Å². The van der Waals surface area contributed by atoms with Gasteiger partial charge >= 0.3 is 0 Å². The fourth-order valence-corrected chi connectivity index (χ4v) is 3.91. The van der Waals surface area contributed by atoms with Crippen LogP contribution >= 0.6 is 0 Å². The van der Waals surface area contributed by atoms with E-state index in [-0.39, 0.29) is 5.92 Å². The number of aryl methyl sites for hydroxylation is 2. The molecular weight excluding hydrogens is 368 g/mol. The first-order chi connectivity index (χ1) is 14.2. The molecule has 0 saturated carbocycles. The zero-order valence-electron chi connectivity index (χ0n) is 16.4. The summed E-state index contributed by atoms with van der Waals surface area (Å²) in [6.45, 7) is 3.32. The van der Waals surface area contributed by atoms with Crippen LogP contribution in [0.25, 0.3) is 11.4 Å². The van der Waals surface area contributed by atoms with E-state index in [1.54, 1.807) is 19.6 Å². The van der Waals surface area contributed by atoms with E-state index in [1.807, 2.05) is 34.5 Å². The lowest BCUT2D eigenvalue weighted by molar-refractivity contribution is 0.389. The summed E-state index contributed by atoms with van der Waals surface area (Å²) in [6, 6.07) is 8.01. The summed E-state index contributed by atoms with van der Waals surface area (Å²) >= 11 is 0. The molecule has 1 aromatic carbocycles. The summed E-state index contributed by atoms with van der Waals surface area (Å²) in [7, 11) is 1.69. The van der Waals surface area contributed by atoms with Gasteiger partial charge in [-0.15, -0.1) is 0 Å². The molecule has 1 atom stereocenters. The quantitative estimate of drug-likeness (QED) is 0.562. The first-order valence-corrected chi connectivity index (χ1v) is 9.66. The van der Waals surface area contributed by atoms with Gasteiger partial charge in [0, 0.05) is 23.6 Å². The number of benzene rings is 1. The van der Waals surface area contributed by atoms with Gasteiger partial charge in [0.1, 0.15) is 23.7 Å². The minimum atomic E-state index is 0.215. The predicted octanol–water partition coefficient (Wildman–Crippen LogP) is 2.36. The highest BCUT2D eigenvalue weighted by atomic mass is 16.5. The summed E-state index contributed by atoms with van der Waals surface area (Å²) in [6.07, 6.45) is 5.25. The van der Waals surface area contributed by atoms with Crippen LogP contribution in [0.15, 0.2) is 36.8 Å². The lowest BCUT2D eigenvalue weighted by Crippen LogP contribution is -2.23. The third kappa shape index (κ3) is 3.18. The van der Waals surface area contributed by atoms with E-state index in [0.29, 0.717) is 12.4 Å². The van der Waals surface area contributed by atoms with Crippen LogP contribution in [0.4, 0.5) is 0 Å². The Morgan fingerprint density at radius 1 is 1.28 bits per heavy atom. The van der Waals surface area contributed by atoms with Gasteiger partial charge in [-0.3, -0.25) is 5.10 Å². The number of nitrogens with zero attached hydrogens (tertiary/aromatic N) is 7. The number of hydrogen-bond donors (Lipinski definition) is 1. The Bertz CT molecular complexity index is 1140. The predicted molar refractivity (Wildman–Crippen MR) is 106 cm³/mol. The number of fused-ring (bicyclic) bond motifs is 1. The van der Waals surface area contributed by atoms with Crippen molar-refractivity contribution in [3.05, 3.63) is 59.7 Å². The number of hydrogen-bond acceptors (Lipinski definition) is 6. The minimum Gasteiger partial charge on any atom is -0.496 e. The third-order valence-electron chi connectivity index (χ3n) is 5.45. The van der Waals surface area contributed by atoms with E-state index >= 15 is 0 Å². The lowest BCUT2D eigenvalue weighted by atomic mass is 9.98. The van der Waals surface area contributed by atoms with Crippen LogP contribution in [-0.4, -0.2) is 46.8 Å². The Labute approximate surface area is 167 Å². The lowest BCUT2D eigenvalue weighted by Gasteiger charge is -2.22. The average Bonchev–Trinajstić information content (AvgIpc) is 3.47. The Hall–Kier alpha value is -3.49. The van der Waals surface area contributed by atoms with Crippen molar-refractivity contribution >= 4 is 0 Å². The van der Waals surface area contributed by atoms with Gasteiger partial charge in [0.05, 0.1) is 32.0 Å². The van der Waals surface area contributed by atoms with Crippen molar-refractivity contribution in [2.24, 2.45) is 0 Å². The van der Waals surface area contributed by atoms with Gasteiger partial charge in [0.15, 0.2) is 5.82 Å². The van der Waals surface area contributed by atoms with Crippen LogP contribution in [0.1, 0.15) is 35.2 Å². The fraction of sp³-hybridized carbons (Fsp3) is 0.350. The smallest absolute Gasteiger partial charge is 0.184 e. The van der Waals surface area contributed by atoms with Crippen molar-refractivity contribution in [2.45, 2.75) is 38.8 Å². The molecule has 29 heavy (non-hydrogen) atoms. The molecule has 9 nitrogen and oxygen atoms in total. The fourth-order valence-electron chi connectivity index (χ4n) is 3.91. The first kappa shape index (κ1) is 17.6. The number of rotatable bonds is 5. The zero-order chi connectivity index (χ0) is 19.8. The van der Waals surface area contributed by atoms with Crippen LogP contribution in [0.2, 0.25) is 0 Å². The number of aromatic nitrogens is 8. The van der Waals surface area contributed by atoms with E-state index < -0.39 is 0 Å². The zero-order valence-corrected chi connectivity index (χ0v) is 16.4. The molecule has 0 saturated heterocycles. The molecule has 0 aliphatic carbocycles. The number of ether oxygens (including phenoxy) is 1. The number of aromatic amines is 1. The van der Waals surface area contributed by atoms with Crippen molar-refractivity contribution < 1.29 is 4.74 Å². The highest BCUT2D eigenvalue weighted by molar-refractivity contribution is 5.56. The van der Waals surface area contributed by atoms with E-state index in [1.165, 1.54) is 0 Å². The van der Waals surface area contributed by atoms with Gasteiger partial charge in [-0.2, -0.15) is 15.3 Å². The van der Waals surface area contributed by atoms with Crippen molar-refractivity contribution in [1.82, 2.24) is 39.7 Å². The highest BCUT2D eigenvalue weighted by Crippen LogP contribution is 2.30. The van der Waals surface area contributed by atoms with Gasteiger partial charge in [-0.1, -0.05) is 18.2 Å². The van der Waals surface area contributed by atoms with Gasteiger partial charge in [-0.25, -0.2) is 19.3 Å². The summed E-state index contributed by atoms with van der Waals surface area (Å²) < 4.78 is 9.50. The normalized spacial score (nSPS) is 16.0. The molecule has 0 radical (unpaired) electrons. The van der Waals surface area contributed by atoms with Crippen LogP contribution in [-0.2, 0) is 19.5 Å². The van der Waals surface area contributed by atoms with E-state index in [0.717, 1.165) is 53.6 Å². The molecule has 4 heterocycles. The second-order valence-corrected chi connectivity index (χ2v) is 7.27. The monoisotopic (exact) mass is 390 g/mol. The molecule has 3 aromatic heterocycles. The number of nitrogens with one attached hydrogen (secondary N) is 1. The second-order valence-electron chi connectivity index (χ2n) is 7.27. The van der Waals surface area contributed by atoms with Crippen LogP contribution in [0.5, 0.6) is 5.75 Å². The Balaban J connectivity index is 1.55. The first-order valence-electron chi connectivity index (χ1n) is 9.66. The maximum Gasteiger partial charge on any atom is 0.184 e. The van der Waals surface area contributed by atoms with E-state index in [2.05, 4.69) is 26.3 Å². The standard InChI is InChI=1S/C20H22N8O/c1-13-16(9-22-25-13)19-24-20(15-7-8-18-21-12-23-27(18)11-15)28(26-19)10-14-5-3-4-6-17(14)29-2/h3-6,9,12,15H,7-8,10-11H2,1-2H3,(H,22,25). The topological polar surface area (TPSA) is 99.3 Å². The maximum absolute atomic E-state index is 5.54. The molecule has 1 aliphatic heterocycles. The SMILES string of the molecule is COc1ccccc1Cn1nc(-c2cn[nH]c2C)nc1C1CCc2ncnn2C1. The third-order valence-corrected chi connectivity index (χ3v) is 5.45. The average molecular weight is 390 g/mol. The van der Waals surface area contributed by atoms with Crippen molar-refractivity contribution in [3.63, 3.8) is 0 Å². The van der Waals surface area contributed by atoms with E-state index in [9.17, 15) is 0 Å².